The molecule has 1 aliphatic heterocycles. The quantitative estimate of drug-likeness (QED) is 0.429. The smallest absolute Gasteiger partial charge is 0.343 e. The fourth-order valence-corrected chi connectivity index (χ4v) is 5.84. The van der Waals surface area contributed by atoms with Gasteiger partial charge in [0.1, 0.15) is 11.4 Å². The fourth-order valence-electron chi connectivity index (χ4n) is 2.86. The summed E-state index contributed by atoms with van der Waals surface area (Å²) < 4.78 is 24.9. The Morgan fingerprint density at radius 2 is 2.00 bits per heavy atom. The summed E-state index contributed by atoms with van der Waals surface area (Å²) in [5.41, 5.74) is 0.895. The van der Waals surface area contributed by atoms with E-state index >= 15 is 0 Å². The number of benzene rings is 1. The third-order valence-electron chi connectivity index (χ3n) is 4.61. The Balaban J connectivity index is 1.83. The Bertz CT molecular complexity index is 1160. The number of nitrogens with one attached hydrogen (secondary N) is 2. The number of imide groups is 1. The van der Waals surface area contributed by atoms with Crippen LogP contribution in [0.2, 0.25) is 5.02 Å². The Hall–Kier alpha value is -2.76. The Morgan fingerprint density at radius 3 is 2.59 bits per heavy atom. The molecule has 1 aromatic heterocycles. The molecule has 170 valence electrons. The van der Waals surface area contributed by atoms with Gasteiger partial charge in [0.2, 0.25) is 5.91 Å². The summed E-state index contributed by atoms with van der Waals surface area (Å²) in [6.45, 7) is 2.86. The first kappa shape index (κ1) is 23.9. The first-order chi connectivity index (χ1) is 15.1. The van der Waals surface area contributed by atoms with Crippen LogP contribution in [0.4, 0.5) is 4.79 Å². The zero-order valence-corrected chi connectivity index (χ0v) is 19.6. The van der Waals surface area contributed by atoms with Gasteiger partial charge in [0.15, 0.2) is 9.84 Å². The third kappa shape index (κ3) is 5.34. The highest BCUT2D eigenvalue weighted by Gasteiger charge is 2.29. The van der Waals surface area contributed by atoms with Crippen LogP contribution >= 0.6 is 22.9 Å². The van der Waals surface area contributed by atoms with E-state index in [0.717, 1.165) is 21.9 Å². The van der Waals surface area contributed by atoms with Crippen LogP contribution in [-0.2, 0) is 21.1 Å². The van der Waals surface area contributed by atoms with Gasteiger partial charge in [-0.3, -0.25) is 14.9 Å². The summed E-state index contributed by atoms with van der Waals surface area (Å²) in [6, 6.07) is 7.97. The SMILES string of the molecule is CC(C)S(=O)(=O)c1csc(C(=O)NC(/C=N\N2CC(=O)NC2=O)Cc2ccccc2)c1Cl. The number of sulfone groups is 1. The normalized spacial score (nSPS) is 15.4. The average molecular weight is 497 g/mol. The minimum Gasteiger partial charge on any atom is -0.343 e. The van der Waals surface area contributed by atoms with Gasteiger partial charge < -0.3 is 5.32 Å². The lowest BCUT2D eigenvalue weighted by Gasteiger charge is -2.16. The molecule has 1 atom stereocenters. The highest BCUT2D eigenvalue weighted by Crippen LogP contribution is 2.33. The maximum Gasteiger partial charge on any atom is 0.344 e. The molecule has 1 fully saturated rings. The number of carbonyl (C=O) groups is 3. The number of amides is 4. The standard InChI is InChI=1S/C20H21ClN4O5S2/c1-12(2)32(29,30)15-11-31-18(17(15)21)19(27)23-14(8-13-6-4-3-5-7-13)9-22-25-10-16(26)24-20(25)28/h3-7,9,11-12,14H,8,10H2,1-2H3,(H,23,27)(H,24,26,28)/b22-9-. The summed E-state index contributed by atoms with van der Waals surface area (Å²) in [7, 11) is -3.64. The Kier molecular flexibility index (Phi) is 7.32. The molecule has 4 amide bonds. The molecule has 2 heterocycles. The van der Waals surface area contributed by atoms with Crippen LogP contribution in [0.5, 0.6) is 0 Å². The van der Waals surface area contributed by atoms with Crippen LogP contribution in [0.15, 0.2) is 45.7 Å². The summed E-state index contributed by atoms with van der Waals surface area (Å²) in [5, 5.41) is 10.4. The van der Waals surface area contributed by atoms with Crippen LogP contribution in [-0.4, -0.2) is 55.3 Å². The number of rotatable bonds is 8. The topological polar surface area (TPSA) is 125 Å². The lowest BCUT2D eigenvalue weighted by molar-refractivity contribution is -0.118. The molecule has 12 heteroatoms. The molecule has 2 N–H and O–H groups in total. The fraction of sp³-hybridized carbons (Fsp3) is 0.300. The van der Waals surface area contributed by atoms with Crippen LogP contribution in [0.3, 0.4) is 0 Å². The van der Waals surface area contributed by atoms with E-state index in [0.29, 0.717) is 6.42 Å². The van der Waals surface area contributed by atoms with E-state index in [1.807, 2.05) is 30.3 Å². The van der Waals surface area contributed by atoms with Gasteiger partial charge in [0, 0.05) is 11.6 Å². The van der Waals surface area contributed by atoms with Crippen molar-refractivity contribution in [2.45, 2.75) is 36.5 Å². The summed E-state index contributed by atoms with van der Waals surface area (Å²) in [5.74, 6) is -1.04. The predicted molar refractivity (Wildman–Crippen MR) is 122 cm³/mol. The number of thiophene rings is 1. The predicted octanol–water partition coefficient (Wildman–Crippen LogP) is 2.46. The molecule has 3 rings (SSSR count). The highest BCUT2D eigenvalue weighted by molar-refractivity contribution is 7.92. The molecule has 0 aliphatic carbocycles. The third-order valence-corrected chi connectivity index (χ3v) is 8.53. The number of hydrazone groups is 1. The minimum atomic E-state index is -3.64. The number of urea groups is 1. The molecule has 0 radical (unpaired) electrons. The van der Waals surface area contributed by atoms with Crippen LogP contribution in [0, 0.1) is 0 Å². The molecule has 0 saturated carbocycles. The number of nitrogens with zero attached hydrogens (tertiary/aromatic N) is 2. The molecule has 0 spiro atoms. The molecule has 1 aromatic carbocycles. The van der Waals surface area contributed by atoms with Gasteiger partial charge in [0.25, 0.3) is 5.91 Å². The maximum atomic E-state index is 12.9. The van der Waals surface area contributed by atoms with Crippen LogP contribution in [0.1, 0.15) is 29.1 Å². The van der Waals surface area contributed by atoms with Gasteiger partial charge in [-0.1, -0.05) is 41.9 Å². The lowest BCUT2D eigenvalue weighted by Crippen LogP contribution is -2.38. The molecule has 1 aliphatic rings. The summed E-state index contributed by atoms with van der Waals surface area (Å²) in [6.07, 6.45) is 1.70. The molecule has 1 saturated heterocycles. The van der Waals surface area contributed by atoms with Gasteiger partial charge >= 0.3 is 6.03 Å². The van der Waals surface area contributed by atoms with Gasteiger partial charge in [-0.15, -0.1) is 11.3 Å². The largest absolute Gasteiger partial charge is 0.344 e. The van der Waals surface area contributed by atoms with E-state index in [2.05, 4.69) is 15.7 Å². The van der Waals surface area contributed by atoms with E-state index in [4.69, 9.17) is 11.6 Å². The summed E-state index contributed by atoms with van der Waals surface area (Å²) in [4.78, 5) is 36.0. The van der Waals surface area contributed by atoms with E-state index in [9.17, 15) is 22.8 Å². The minimum absolute atomic E-state index is 0.0615. The average Bonchev–Trinajstić information content (AvgIpc) is 3.28. The first-order valence-electron chi connectivity index (χ1n) is 9.60. The van der Waals surface area contributed by atoms with Gasteiger partial charge in [-0.2, -0.15) is 5.10 Å². The monoisotopic (exact) mass is 496 g/mol. The second-order valence-corrected chi connectivity index (χ2v) is 11.0. The zero-order valence-electron chi connectivity index (χ0n) is 17.2. The van der Waals surface area contributed by atoms with Crippen molar-refractivity contribution in [1.82, 2.24) is 15.6 Å². The molecule has 2 aromatic rings. The van der Waals surface area contributed by atoms with Crippen molar-refractivity contribution in [3.8, 4) is 0 Å². The molecule has 1 unspecified atom stereocenters. The van der Waals surface area contributed by atoms with Crippen LogP contribution in [0.25, 0.3) is 0 Å². The number of halogens is 1. The Labute approximate surface area is 194 Å². The number of hydrogen-bond acceptors (Lipinski definition) is 7. The van der Waals surface area contributed by atoms with Crippen molar-refractivity contribution in [1.29, 1.82) is 0 Å². The van der Waals surface area contributed by atoms with Crippen LogP contribution < -0.4 is 10.6 Å². The van der Waals surface area contributed by atoms with Gasteiger partial charge in [-0.25, -0.2) is 18.2 Å². The van der Waals surface area contributed by atoms with Crippen molar-refractivity contribution in [2.75, 3.05) is 6.54 Å². The van der Waals surface area contributed by atoms with E-state index < -0.39 is 39.0 Å². The van der Waals surface area contributed by atoms with E-state index in [1.54, 1.807) is 0 Å². The molecular formula is C20H21ClN4O5S2. The van der Waals surface area contributed by atoms with Crippen molar-refractivity contribution < 1.29 is 22.8 Å². The van der Waals surface area contributed by atoms with E-state index in [1.165, 1.54) is 25.4 Å². The van der Waals surface area contributed by atoms with Crippen molar-refractivity contribution in [3.63, 3.8) is 0 Å². The molecule has 9 nitrogen and oxygen atoms in total. The van der Waals surface area contributed by atoms with Crippen molar-refractivity contribution >= 4 is 56.8 Å². The van der Waals surface area contributed by atoms with Crippen molar-refractivity contribution in [3.05, 3.63) is 51.2 Å². The number of hydrogen-bond donors (Lipinski definition) is 2. The van der Waals surface area contributed by atoms with Gasteiger partial charge in [-0.05, 0) is 25.8 Å². The maximum absolute atomic E-state index is 12.9. The number of carbonyl (C=O) groups excluding carboxylic acids is 3. The Morgan fingerprint density at radius 1 is 1.31 bits per heavy atom. The van der Waals surface area contributed by atoms with Crippen molar-refractivity contribution in [2.24, 2.45) is 5.10 Å². The second-order valence-electron chi connectivity index (χ2n) is 7.28. The highest BCUT2D eigenvalue weighted by atomic mass is 35.5. The summed E-state index contributed by atoms with van der Waals surface area (Å²) >= 11 is 7.18. The zero-order chi connectivity index (χ0) is 23.5. The molecule has 32 heavy (non-hydrogen) atoms. The van der Waals surface area contributed by atoms with E-state index in [-0.39, 0.29) is 21.3 Å². The lowest BCUT2D eigenvalue weighted by atomic mass is 10.1. The molecule has 0 bridgehead atoms. The first-order valence-corrected chi connectivity index (χ1v) is 12.4. The van der Waals surface area contributed by atoms with Gasteiger partial charge in [0.05, 0.1) is 21.2 Å². The molecular weight excluding hydrogens is 476 g/mol. The second kappa shape index (κ2) is 9.80.